The molecule has 0 aliphatic heterocycles. The Morgan fingerprint density at radius 2 is 1.95 bits per heavy atom. The molecule has 0 aliphatic rings. The molecule has 0 radical (unpaired) electrons. The lowest BCUT2D eigenvalue weighted by Crippen LogP contribution is -2.03. The number of aliphatic hydroxyl groups excluding tert-OH is 1. The van der Waals surface area contributed by atoms with Crippen molar-refractivity contribution in [1.29, 1.82) is 0 Å². The third-order valence-electron chi connectivity index (χ3n) is 3.42. The number of aromatic nitrogens is 1. The third kappa shape index (κ3) is 2.77. The van der Waals surface area contributed by atoms with Gasteiger partial charge in [-0.2, -0.15) is 0 Å². The van der Waals surface area contributed by atoms with Crippen LogP contribution in [0, 0.1) is 0 Å². The fourth-order valence-corrected chi connectivity index (χ4v) is 2.67. The predicted octanol–water partition coefficient (Wildman–Crippen LogP) is 4.09. The summed E-state index contributed by atoms with van der Waals surface area (Å²) in [5, 5.41) is 11.6. The van der Waals surface area contributed by atoms with Gasteiger partial charge in [-0.1, -0.05) is 40.2 Å². The van der Waals surface area contributed by atoms with Gasteiger partial charge in [-0.25, -0.2) is 0 Å². The number of methoxy groups -OCH3 is 1. The van der Waals surface area contributed by atoms with Crippen molar-refractivity contribution in [3.63, 3.8) is 0 Å². The van der Waals surface area contributed by atoms with Crippen LogP contribution in [0.3, 0.4) is 0 Å². The van der Waals surface area contributed by atoms with Crippen LogP contribution in [0.5, 0.6) is 5.75 Å². The minimum atomic E-state index is -0.773. The van der Waals surface area contributed by atoms with Crippen molar-refractivity contribution in [3.05, 3.63) is 70.3 Å². The van der Waals surface area contributed by atoms with E-state index in [0.29, 0.717) is 5.75 Å². The van der Waals surface area contributed by atoms with Gasteiger partial charge in [0.2, 0.25) is 0 Å². The Bertz CT molecular complexity index is 789. The molecule has 0 amide bonds. The fraction of sp³-hybridized carbons (Fsp3) is 0.118. The predicted molar refractivity (Wildman–Crippen MR) is 86.5 cm³/mol. The molecule has 0 spiro atoms. The van der Waals surface area contributed by atoms with Gasteiger partial charge < -0.3 is 9.84 Å². The minimum absolute atomic E-state index is 0.644. The van der Waals surface area contributed by atoms with Crippen molar-refractivity contribution < 1.29 is 9.84 Å². The molecule has 1 N–H and O–H groups in total. The highest BCUT2D eigenvalue weighted by molar-refractivity contribution is 9.10. The average Bonchev–Trinajstić information content (AvgIpc) is 2.53. The summed E-state index contributed by atoms with van der Waals surface area (Å²) in [6.45, 7) is 0. The Labute approximate surface area is 131 Å². The van der Waals surface area contributed by atoms with Gasteiger partial charge in [-0.15, -0.1) is 0 Å². The molecule has 0 saturated carbocycles. The van der Waals surface area contributed by atoms with Gasteiger partial charge in [0.05, 0.1) is 12.6 Å². The number of para-hydroxylation sites is 1. The van der Waals surface area contributed by atoms with E-state index in [-0.39, 0.29) is 0 Å². The first kappa shape index (κ1) is 14.0. The molecular weight excluding hydrogens is 330 g/mol. The smallest absolute Gasteiger partial charge is 0.126 e. The van der Waals surface area contributed by atoms with Gasteiger partial charge >= 0.3 is 0 Å². The topological polar surface area (TPSA) is 42.4 Å². The molecule has 106 valence electrons. The maximum atomic E-state index is 10.6. The summed E-state index contributed by atoms with van der Waals surface area (Å²) in [4.78, 5) is 4.39. The Morgan fingerprint density at radius 1 is 1.14 bits per heavy atom. The maximum Gasteiger partial charge on any atom is 0.126 e. The lowest BCUT2D eigenvalue weighted by Gasteiger charge is -2.15. The van der Waals surface area contributed by atoms with E-state index in [9.17, 15) is 5.11 Å². The molecule has 3 nitrogen and oxygen atoms in total. The zero-order chi connectivity index (χ0) is 14.8. The van der Waals surface area contributed by atoms with Crippen LogP contribution in [-0.4, -0.2) is 17.2 Å². The van der Waals surface area contributed by atoms with E-state index in [1.54, 1.807) is 13.3 Å². The van der Waals surface area contributed by atoms with Crippen LogP contribution in [0.4, 0.5) is 0 Å². The average molecular weight is 344 g/mol. The number of aliphatic hydroxyl groups is 1. The van der Waals surface area contributed by atoms with Crippen molar-refractivity contribution in [2.24, 2.45) is 0 Å². The molecule has 21 heavy (non-hydrogen) atoms. The molecule has 1 heterocycles. The molecule has 3 aromatic rings. The van der Waals surface area contributed by atoms with E-state index in [2.05, 4.69) is 20.9 Å². The lowest BCUT2D eigenvalue weighted by molar-refractivity contribution is 0.214. The molecule has 1 atom stereocenters. The minimum Gasteiger partial charge on any atom is -0.496 e. The summed E-state index contributed by atoms with van der Waals surface area (Å²) in [6.07, 6.45) is 0.930. The standard InChI is InChI=1S/C17H14BrNO2/c1-21-16-9-13(18)6-7-14(16)17(20)12-8-11-4-2-3-5-15(11)19-10-12/h2-10,17,20H,1H3. The third-order valence-corrected chi connectivity index (χ3v) is 3.91. The van der Waals surface area contributed by atoms with Gasteiger partial charge in [0, 0.05) is 27.2 Å². The number of fused-ring (bicyclic) bond motifs is 1. The molecule has 0 aliphatic carbocycles. The molecule has 2 aromatic carbocycles. The fourth-order valence-electron chi connectivity index (χ4n) is 2.33. The van der Waals surface area contributed by atoms with Crippen molar-refractivity contribution in [3.8, 4) is 5.75 Å². The van der Waals surface area contributed by atoms with Gasteiger partial charge in [0.15, 0.2) is 0 Å². The van der Waals surface area contributed by atoms with E-state index in [1.807, 2.05) is 48.5 Å². The molecule has 1 unspecified atom stereocenters. The highest BCUT2D eigenvalue weighted by Gasteiger charge is 2.16. The Balaban J connectivity index is 2.05. The van der Waals surface area contributed by atoms with E-state index in [4.69, 9.17) is 4.74 Å². The lowest BCUT2D eigenvalue weighted by atomic mass is 10.0. The molecule has 0 fully saturated rings. The van der Waals surface area contributed by atoms with Crippen LogP contribution < -0.4 is 4.74 Å². The van der Waals surface area contributed by atoms with Crippen LogP contribution in [0.1, 0.15) is 17.2 Å². The van der Waals surface area contributed by atoms with E-state index < -0.39 is 6.10 Å². The number of rotatable bonds is 3. The van der Waals surface area contributed by atoms with Crippen LogP contribution >= 0.6 is 15.9 Å². The first-order chi connectivity index (χ1) is 10.2. The number of nitrogens with zero attached hydrogens (tertiary/aromatic N) is 1. The van der Waals surface area contributed by atoms with Gasteiger partial charge in [0.25, 0.3) is 0 Å². The Kier molecular flexibility index (Phi) is 3.90. The molecule has 3 rings (SSSR count). The van der Waals surface area contributed by atoms with E-state index in [0.717, 1.165) is 26.5 Å². The number of benzene rings is 2. The number of halogens is 1. The summed E-state index contributed by atoms with van der Waals surface area (Å²) in [5.41, 5.74) is 2.38. The van der Waals surface area contributed by atoms with Gasteiger partial charge in [-0.3, -0.25) is 4.98 Å². The van der Waals surface area contributed by atoms with Crippen molar-refractivity contribution in [2.75, 3.05) is 7.11 Å². The SMILES string of the molecule is COc1cc(Br)ccc1C(O)c1cnc2ccccc2c1. The molecule has 0 saturated heterocycles. The zero-order valence-electron chi connectivity index (χ0n) is 11.5. The number of hydrogen-bond acceptors (Lipinski definition) is 3. The maximum absolute atomic E-state index is 10.6. The largest absolute Gasteiger partial charge is 0.496 e. The first-order valence-corrected chi connectivity index (χ1v) is 7.34. The summed E-state index contributed by atoms with van der Waals surface area (Å²) in [5.74, 6) is 0.644. The zero-order valence-corrected chi connectivity index (χ0v) is 13.0. The second-order valence-electron chi connectivity index (χ2n) is 4.75. The van der Waals surface area contributed by atoms with Crippen molar-refractivity contribution in [2.45, 2.75) is 6.10 Å². The van der Waals surface area contributed by atoms with Crippen molar-refractivity contribution in [1.82, 2.24) is 4.98 Å². The second-order valence-corrected chi connectivity index (χ2v) is 5.67. The summed E-state index contributed by atoms with van der Waals surface area (Å²) in [7, 11) is 1.59. The van der Waals surface area contributed by atoms with E-state index >= 15 is 0 Å². The first-order valence-electron chi connectivity index (χ1n) is 6.55. The van der Waals surface area contributed by atoms with Gasteiger partial charge in [0.1, 0.15) is 11.9 Å². The molecular formula is C17H14BrNO2. The van der Waals surface area contributed by atoms with E-state index in [1.165, 1.54) is 0 Å². The van der Waals surface area contributed by atoms with Crippen LogP contribution in [0.2, 0.25) is 0 Å². The van der Waals surface area contributed by atoms with Crippen LogP contribution in [0.25, 0.3) is 10.9 Å². The molecule has 1 aromatic heterocycles. The Hall–Kier alpha value is -1.91. The van der Waals surface area contributed by atoms with Crippen molar-refractivity contribution >= 4 is 26.8 Å². The number of hydrogen-bond donors (Lipinski definition) is 1. The van der Waals surface area contributed by atoms with Crippen LogP contribution in [0.15, 0.2) is 59.2 Å². The summed E-state index contributed by atoms with van der Waals surface area (Å²) in [6, 6.07) is 15.4. The monoisotopic (exact) mass is 343 g/mol. The van der Waals surface area contributed by atoms with Crippen LogP contribution in [-0.2, 0) is 0 Å². The van der Waals surface area contributed by atoms with Gasteiger partial charge in [-0.05, 0) is 24.3 Å². The number of pyridine rings is 1. The number of ether oxygens (including phenoxy) is 1. The second kappa shape index (κ2) is 5.84. The normalized spacial score (nSPS) is 12.3. The highest BCUT2D eigenvalue weighted by Crippen LogP contribution is 2.32. The summed E-state index contributed by atoms with van der Waals surface area (Å²) < 4.78 is 6.26. The Morgan fingerprint density at radius 3 is 2.76 bits per heavy atom. The molecule has 0 bridgehead atoms. The molecule has 4 heteroatoms. The quantitative estimate of drug-likeness (QED) is 0.778. The highest BCUT2D eigenvalue weighted by atomic mass is 79.9. The summed E-state index contributed by atoms with van der Waals surface area (Å²) >= 11 is 3.40.